The van der Waals surface area contributed by atoms with E-state index in [0.717, 1.165) is 0 Å². The van der Waals surface area contributed by atoms with E-state index >= 15 is 0 Å². The van der Waals surface area contributed by atoms with Crippen LogP contribution in [0.1, 0.15) is 12.8 Å². The van der Waals surface area contributed by atoms with Gasteiger partial charge < -0.3 is 10.2 Å². The van der Waals surface area contributed by atoms with Crippen LogP contribution < -0.4 is 5.32 Å². The molecule has 2 heterocycles. The number of hydrogen-bond donors (Lipinski definition) is 1. The van der Waals surface area contributed by atoms with Crippen LogP contribution >= 0.6 is 0 Å². The quantitative estimate of drug-likeness (QED) is 0.678. The first kappa shape index (κ1) is 19.8. The van der Waals surface area contributed by atoms with Gasteiger partial charge in [0, 0.05) is 25.6 Å². The Kier molecular flexibility index (Phi) is 5.57. The van der Waals surface area contributed by atoms with Gasteiger partial charge in [-0.2, -0.15) is 0 Å². The molecule has 0 aromatic heterocycles. The SMILES string of the molecule is O=C(NCCS(=O)(=O)c1ccccc1)[C@H]1CC(=O)N([C@@H]2CCS(=O)(=O)C2)C1. The number of carbonyl (C=O) groups is 2. The average Bonchev–Trinajstić information content (AvgIpc) is 3.17. The number of amides is 2. The van der Waals surface area contributed by atoms with Gasteiger partial charge in [-0.1, -0.05) is 18.2 Å². The molecule has 2 aliphatic rings. The van der Waals surface area contributed by atoms with Crippen molar-refractivity contribution < 1.29 is 26.4 Å². The van der Waals surface area contributed by atoms with Gasteiger partial charge in [-0.05, 0) is 18.6 Å². The van der Waals surface area contributed by atoms with Gasteiger partial charge >= 0.3 is 0 Å². The lowest BCUT2D eigenvalue weighted by atomic mass is 10.1. The molecular weight excluding hydrogens is 392 g/mol. The molecule has 0 bridgehead atoms. The summed E-state index contributed by atoms with van der Waals surface area (Å²) in [6, 6.07) is 7.62. The van der Waals surface area contributed by atoms with E-state index in [4.69, 9.17) is 0 Å². The molecule has 2 aliphatic heterocycles. The summed E-state index contributed by atoms with van der Waals surface area (Å²) in [6.45, 7) is 0.134. The van der Waals surface area contributed by atoms with E-state index in [2.05, 4.69) is 5.32 Å². The zero-order chi connectivity index (χ0) is 19.7. The Morgan fingerprint density at radius 1 is 1.22 bits per heavy atom. The van der Waals surface area contributed by atoms with E-state index in [1.807, 2.05) is 0 Å². The Labute approximate surface area is 158 Å². The van der Waals surface area contributed by atoms with Gasteiger partial charge in [-0.15, -0.1) is 0 Å². The van der Waals surface area contributed by atoms with Gasteiger partial charge in [0.1, 0.15) is 0 Å². The number of nitrogens with zero attached hydrogens (tertiary/aromatic N) is 1. The Hall–Kier alpha value is -1.94. The lowest BCUT2D eigenvalue weighted by Gasteiger charge is -2.22. The smallest absolute Gasteiger partial charge is 0.225 e. The molecule has 0 saturated carbocycles. The first-order valence-corrected chi connectivity index (χ1v) is 12.2. The Balaban J connectivity index is 1.51. The van der Waals surface area contributed by atoms with Gasteiger partial charge in [-0.25, -0.2) is 16.8 Å². The summed E-state index contributed by atoms with van der Waals surface area (Å²) in [4.78, 5) is 26.1. The van der Waals surface area contributed by atoms with Crippen LogP contribution in [0, 0.1) is 5.92 Å². The third-order valence-corrected chi connectivity index (χ3v) is 8.43. The van der Waals surface area contributed by atoms with Crippen LogP contribution in [0.4, 0.5) is 0 Å². The molecule has 2 fully saturated rings. The van der Waals surface area contributed by atoms with Crippen molar-refractivity contribution in [1.82, 2.24) is 10.2 Å². The van der Waals surface area contributed by atoms with E-state index < -0.39 is 25.6 Å². The average molecular weight is 415 g/mol. The number of nitrogens with one attached hydrogen (secondary N) is 1. The maximum absolute atomic E-state index is 12.3. The molecule has 0 unspecified atom stereocenters. The lowest BCUT2D eigenvalue weighted by Crippen LogP contribution is -2.39. The number of hydrogen-bond acceptors (Lipinski definition) is 6. The maximum Gasteiger partial charge on any atom is 0.225 e. The second kappa shape index (κ2) is 7.59. The minimum absolute atomic E-state index is 0.0216. The Morgan fingerprint density at radius 3 is 2.56 bits per heavy atom. The minimum atomic E-state index is -3.49. The molecular formula is C17H22N2O6S2. The molecule has 10 heteroatoms. The number of rotatable bonds is 6. The van der Waals surface area contributed by atoms with Crippen molar-refractivity contribution in [2.75, 3.05) is 30.3 Å². The summed E-state index contributed by atoms with van der Waals surface area (Å²) in [7, 11) is -6.60. The molecule has 1 N–H and O–H groups in total. The summed E-state index contributed by atoms with van der Waals surface area (Å²) in [5.41, 5.74) is 0. The van der Waals surface area contributed by atoms with Gasteiger partial charge in [0.25, 0.3) is 0 Å². The van der Waals surface area contributed by atoms with E-state index in [1.54, 1.807) is 18.2 Å². The van der Waals surface area contributed by atoms with Crippen LogP contribution in [-0.4, -0.2) is 69.9 Å². The van der Waals surface area contributed by atoms with E-state index in [1.165, 1.54) is 17.0 Å². The van der Waals surface area contributed by atoms with Crippen molar-refractivity contribution in [3.05, 3.63) is 30.3 Å². The molecule has 8 nitrogen and oxygen atoms in total. The summed E-state index contributed by atoms with van der Waals surface area (Å²) in [5, 5.41) is 2.58. The highest BCUT2D eigenvalue weighted by Crippen LogP contribution is 2.26. The molecule has 2 atom stereocenters. The molecule has 148 valence electrons. The highest BCUT2D eigenvalue weighted by Gasteiger charge is 2.41. The topological polar surface area (TPSA) is 118 Å². The number of sulfone groups is 2. The zero-order valence-corrected chi connectivity index (χ0v) is 16.3. The van der Waals surface area contributed by atoms with Crippen molar-refractivity contribution in [2.45, 2.75) is 23.8 Å². The standard InChI is InChI=1S/C17H22N2O6S2/c20-16-10-13(11-19(16)14-6-8-26(22,23)12-14)17(21)18-7-9-27(24,25)15-4-2-1-3-5-15/h1-5,13-14H,6-12H2,(H,18,21)/t13-,14+/m0/s1. The number of likely N-dealkylation sites (tertiary alicyclic amines) is 1. The highest BCUT2D eigenvalue weighted by atomic mass is 32.2. The van der Waals surface area contributed by atoms with Gasteiger partial charge in [-0.3, -0.25) is 9.59 Å². The minimum Gasteiger partial charge on any atom is -0.355 e. The van der Waals surface area contributed by atoms with Gasteiger partial charge in [0.2, 0.25) is 11.8 Å². The molecule has 2 amide bonds. The fourth-order valence-electron chi connectivity index (χ4n) is 3.48. The maximum atomic E-state index is 12.3. The molecule has 0 spiro atoms. The Morgan fingerprint density at radius 2 is 1.93 bits per heavy atom. The first-order chi connectivity index (χ1) is 12.7. The van der Waals surface area contributed by atoms with Gasteiger partial charge in [0.05, 0.1) is 28.1 Å². The van der Waals surface area contributed by atoms with Crippen LogP contribution in [0.5, 0.6) is 0 Å². The highest BCUT2D eigenvalue weighted by molar-refractivity contribution is 7.91. The predicted molar refractivity (Wildman–Crippen MR) is 98.4 cm³/mol. The van der Waals surface area contributed by atoms with Crippen LogP contribution in [0.25, 0.3) is 0 Å². The van der Waals surface area contributed by atoms with Crippen molar-refractivity contribution >= 4 is 31.5 Å². The number of benzene rings is 1. The fraction of sp³-hybridized carbons (Fsp3) is 0.529. The van der Waals surface area contributed by atoms with Crippen molar-refractivity contribution in [3.63, 3.8) is 0 Å². The largest absolute Gasteiger partial charge is 0.355 e. The van der Waals surface area contributed by atoms with Crippen molar-refractivity contribution in [1.29, 1.82) is 0 Å². The summed E-state index contributed by atoms with van der Waals surface area (Å²) < 4.78 is 47.6. The summed E-state index contributed by atoms with van der Waals surface area (Å²) >= 11 is 0. The monoisotopic (exact) mass is 414 g/mol. The van der Waals surface area contributed by atoms with Gasteiger partial charge in [0.15, 0.2) is 19.7 Å². The molecule has 2 saturated heterocycles. The Bertz CT molecular complexity index is 927. The summed E-state index contributed by atoms with van der Waals surface area (Å²) in [5.74, 6) is -1.41. The molecule has 1 aromatic rings. The third kappa shape index (κ3) is 4.67. The first-order valence-electron chi connectivity index (χ1n) is 8.73. The molecule has 0 aliphatic carbocycles. The van der Waals surface area contributed by atoms with Crippen molar-refractivity contribution in [2.24, 2.45) is 5.92 Å². The second-order valence-electron chi connectivity index (χ2n) is 6.93. The molecule has 3 rings (SSSR count). The third-order valence-electron chi connectivity index (χ3n) is 4.95. The van der Waals surface area contributed by atoms with Crippen LogP contribution in [0.3, 0.4) is 0 Å². The second-order valence-corrected chi connectivity index (χ2v) is 11.3. The van der Waals surface area contributed by atoms with Crippen molar-refractivity contribution in [3.8, 4) is 0 Å². The predicted octanol–water partition coefficient (Wildman–Crippen LogP) is -0.388. The fourth-order valence-corrected chi connectivity index (χ4v) is 6.39. The molecule has 27 heavy (non-hydrogen) atoms. The van der Waals surface area contributed by atoms with E-state index in [-0.39, 0.29) is 59.5 Å². The zero-order valence-electron chi connectivity index (χ0n) is 14.7. The van der Waals surface area contributed by atoms with E-state index in [9.17, 15) is 26.4 Å². The lowest BCUT2D eigenvalue weighted by molar-refractivity contribution is -0.130. The summed E-state index contributed by atoms with van der Waals surface area (Å²) in [6.07, 6.45) is 0.422. The van der Waals surface area contributed by atoms with Crippen LogP contribution in [-0.2, 0) is 29.3 Å². The molecule has 0 radical (unpaired) electrons. The van der Waals surface area contributed by atoms with E-state index in [0.29, 0.717) is 6.42 Å². The molecule has 1 aromatic carbocycles. The van der Waals surface area contributed by atoms with Crippen LogP contribution in [0.15, 0.2) is 35.2 Å². The van der Waals surface area contributed by atoms with Crippen LogP contribution in [0.2, 0.25) is 0 Å². The normalized spacial score (nSPS) is 24.9. The number of carbonyl (C=O) groups excluding carboxylic acids is 2.